The van der Waals surface area contributed by atoms with Gasteiger partial charge in [-0.2, -0.15) is 0 Å². The standard InChI is InChI=1S/C14H19NO2/c1-4-9-17-14(16)12-7-8-13(15)11(6-3)10(12)5-2/h4,7-8H,1,5-6,9,15H2,2-3H3. The van der Waals surface area contributed by atoms with Crippen molar-refractivity contribution in [1.82, 2.24) is 0 Å². The lowest BCUT2D eigenvalue weighted by atomic mass is 9.95. The number of rotatable bonds is 5. The molecule has 0 spiro atoms. The van der Waals surface area contributed by atoms with Crippen LogP contribution in [-0.4, -0.2) is 12.6 Å². The SMILES string of the molecule is C=CCOC(=O)c1ccc(N)c(CC)c1CC. The molecule has 0 saturated carbocycles. The van der Waals surface area contributed by atoms with Gasteiger partial charge in [0.1, 0.15) is 6.61 Å². The first kappa shape index (κ1) is 13.3. The van der Waals surface area contributed by atoms with Crippen LogP contribution in [0.5, 0.6) is 0 Å². The summed E-state index contributed by atoms with van der Waals surface area (Å²) in [5.41, 5.74) is 9.29. The van der Waals surface area contributed by atoms with Crippen LogP contribution in [0.25, 0.3) is 0 Å². The second-order valence-corrected chi connectivity index (χ2v) is 3.75. The summed E-state index contributed by atoms with van der Waals surface area (Å²) in [5, 5.41) is 0. The average molecular weight is 233 g/mol. The summed E-state index contributed by atoms with van der Waals surface area (Å²) in [4.78, 5) is 11.9. The predicted molar refractivity (Wildman–Crippen MR) is 70.1 cm³/mol. The van der Waals surface area contributed by atoms with E-state index in [2.05, 4.69) is 6.58 Å². The van der Waals surface area contributed by atoms with Crippen LogP contribution in [0.4, 0.5) is 5.69 Å². The van der Waals surface area contributed by atoms with E-state index in [-0.39, 0.29) is 12.6 Å². The summed E-state index contributed by atoms with van der Waals surface area (Å²) in [7, 11) is 0. The molecule has 0 aliphatic heterocycles. The van der Waals surface area contributed by atoms with Crippen molar-refractivity contribution in [3.8, 4) is 0 Å². The van der Waals surface area contributed by atoms with Crippen LogP contribution in [0.2, 0.25) is 0 Å². The van der Waals surface area contributed by atoms with Gasteiger partial charge in [-0.05, 0) is 36.1 Å². The van der Waals surface area contributed by atoms with Crippen LogP contribution in [-0.2, 0) is 17.6 Å². The zero-order chi connectivity index (χ0) is 12.8. The molecule has 0 unspecified atom stereocenters. The largest absolute Gasteiger partial charge is 0.458 e. The van der Waals surface area contributed by atoms with E-state index in [9.17, 15) is 4.79 Å². The van der Waals surface area contributed by atoms with Gasteiger partial charge in [-0.1, -0.05) is 26.5 Å². The number of anilines is 1. The highest BCUT2D eigenvalue weighted by Crippen LogP contribution is 2.23. The maximum absolute atomic E-state index is 11.9. The van der Waals surface area contributed by atoms with E-state index >= 15 is 0 Å². The van der Waals surface area contributed by atoms with Crippen molar-refractivity contribution >= 4 is 11.7 Å². The summed E-state index contributed by atoms with van der Waals surface area (Å²) >= 11 is 0. The van der Waals surface area contributed by atoms with E-state index in [1.807, 2.05) is 13.8 Å². The van der Waals surface area contributed by atoms with Crippen LogP contribution < -0.4 is 5.73 Å². The Morgan fingerprint density at radius 1 is 1.35 bits per heavy atom. The molecule has 1 rings (SSSR count). The van der Waals surface area contributed by atoms with Crippen LogP contribution in [0, 0.1) is 0 Å². The highest BCUT2D eigenvalue weighted by Gasteiger charge is 2.15. The Balaban J connectivity index is 3.15. The van der Waals surface area contributed by atoms with E-state index in [1.165, 1.54) is 0 Å². The molecule has 1 aromatic carbocycles. The van der Waals surface area contributed by atoms with Crippen molar-refractivity contribution in [3.63, 3.8) is 0 Å². The second kappa shape index (κ2) is 6.09. The van der Waals surface area contributed by atoms with Crippen LogP contribution >= 0.6 is 0 Å². The first-order chi connectivity index (χ1) is 8.15. The molecule has 92 valence electrons. The minimum absolute atomic E-state index is 0.230. The van der Waals surface area contributed by atoms with E-state index in [0.29, 0.717) is 5.56 Å². The highest BCUT2D eigenvalue weighted by molar-refractivity contribution is 5.92. The van der Waals surface area contributed by atoms with E-state index in [1.54, 1.807) is 18.2 Å². The molecule has 3 nitrogen and oxygen atoms in total. The molecule has 2 N–H and O–H groups in total. The van der Waals surface area contributed by atoms with Gasteiger partial charge in [0.2, 0.25) is 0 Å². The van der Waals surface area contributed by atoms with Gasteiger partial charge in [0.05, 0.1) is 5.56 Å². The average Bonchev–Trinajstić information content (AvgIpc) is 2.35. The maximum atomic E-state index is 11.9. The van der Waals surface area contributed by atoms with Crippen LogP contribution in [0.15, 0.2) is 24.8 Å². The van der Waals surface area contributed by atoms with Crippen molar-refractivity contribution < 1.29 is 9.53 Å². The Morgan fingerprint density at radius 2 is 2.00 bits per heavy atom. The zero-order valence-corrected chi connectivity index (χ0v) is 10.5. The third-order valence-electron chi connectivity index (χ3n) is 2.73. The molecule has 0 atom stereocenters. The van der Waals surface area contributed by atoms with Gasteiger partial charge in [-0.25, -0.2) is 4.79 Å². The Hall–Kier alpha value is -1.77. The van der Waals surface area contributed by atoms with Crippen molar-refractivity contribution in [3.05, 3.63) is 41.5 Å². The molecule has 0 saturated heterocycles. The van der Waals surface area contributed by atoms with Crippen molar-refractivity contribution in [2.75, 3.05) is 12.3 Å². The van der Waals surface area contributed by atoms with Gasteiger partial charge >= 0.3 is 5.97 Å². The van der Waals surface area contributed by atoms with E-state index < -0.39 is 0 Å². The molecule has 3 heteroatoms. The molecular weight excluding hydrogens is 214 g/mol. The fourth-order valence-electron chi connectivity index (χ4n) is 1.94. The fraction of sp³-hybridized carbons (Fsp3) is 0.357. The molecule has 0 heterocycles. The maximum Gasteiger partial charge on any atom is 0.338 e. The smallest absolute Gasteiger partial charge is 0.338 e. The number of nitrogens with two attached hydrogens (primary N) is 1. The lowest BCUT2D eigenvalue weighted by Crippen LogP contribution is -2.11. The lowest BCUT2D eigenvalue weighted by molar-refractivity contribution is 0.0548. The van der Waals surface area contributed by atoms with Gasteiger partial charge in [0.15, 0.2) is 0 Å². The summed E-state index contributed by atoms with van der Waals surface area (Å²) in [6, 6.07) is 3.50. The van der Waals surface area contributed by atoms with Crippen LogP contribution in [0.3, 0.4) is 0 Å². The quantitative estimate of drug-likeness (QED) is 0.483. The Labute approximate surface area is 102 Å². The van der Waals surface area contributed by atoms with E-state index in [4.69, 9.17) is 10.5 Å². The highest BCUT2D eigenvalue weighted by atomic mass is 16.5. The number of nitrogen functional groups attached to an aromatic ring is 1. The number of ether oxygens (including phenoxy) is 1. The van der Waals surface area contributed by atoms with Gasteiger partial charge < -0.3 is 10.5 Å². The minimum Gasteiger partial charge on any atom is -0.458 e. The van der Waals surface area contributed by atoms with Gasteiger partial charge in [-0.3, -0.25) is 0 Å². The first-order valence-corrected chi connectivity index (χ1v) is 5.83. The number of esters is 1. The third-order valence-corrected chi connectivity index (χ3v) is 2.73. The number of carbonyl (C=O) groups excluding carboxylic acids is 1. The molecule has 0 bridgehead atoms. The number of carbonyl (C=O) groups is 1. The van der Waals surface area contributed by atoms with Crippen molar-refractivity contribution in [1.29, 1.82) is 0 Å². The summed E-state index contributed by atoms with van der Waals surface area (Å²) < 4.78 is 5.06. The Morgan fingerprint density at radius 3 is 2.53 bits per heavy atom. The molecule has 0 aliphatic carbocycles. The molecular formula is C14H19NO2. The molecule has 0 aliphatic rings. The first-order valence-electron chi connectivity index (χ1n) is 5.83. The zero-order valence-electron chi connectivity index (χ0n) is 10.5. The summed E-state index contributed by atoms with van der Waals surface area (Å²) in [5.74, 6) is -0.309. The molecule has 0 fully saturated rings. The minimum atomic E-state index is -0.309. The van der Waals surface area contributed by atoms with Crippen LogP contribution in [0.1, 0.15) is 35.3 Å². The molecule has 0 aromatic heterocycles. The van der Waals surface area contributed by atoms with Gasteiger partial charge in [0.25, 0.3) is 0 Å². The molecule has 17 heavy (non-hydrogen) atoms. The predicted octanol–water partition coefficient (Wildman–Crippen LogP) is 2.74. The van der Waals surface area contributed by atoms with E-state index in [0.717, 1.165) is 29.7 Å². The van der Waals surface area contributed by atoms with Gasteiger partial charge in [-0.15, -0.1) is 0 Å². The van der Waals surface area contributed by atoms with Crippen molar-refractivity contribution in [2.45, 2.75) is 26.7 Å². The topological polar surface area (TPSA) is 52.3 Å². The monoisotopic (exact) mass is 233 g/mol. The number of hydrogen-bond acceptors (Lipinski definition) is 3. The molecule has 1 aromatic rings. The summed E-state index contributed by atoms with van der Waals surface area (Å²) in [6.07, 6.45) is 3.14. The number of benzene rings is 1. The molecule has 0 amide bonds. The van der Waals surface area contributed by atoms with Crippen molar-refractivity contribution in [2.24, 2.45) is 0 Å². The Bertz CT molecular complexity index is 424. The normalized spacial score (nSPS) is 10.0. The summed E-state index contributed by atoms with van der Waals surface area (Å²) in [6.45, 7) is 7.79. The Kier molecular flexibility index (Phi) is 4.76. The third kappa shape index (κ3) is 2.87. The van der Waals surface area contributed by atoms with Gasteiger partial charge in [0, 0.05) is 5.69 Å². The fourth-order valence-corrected chi connectivity index (χ4v) is 1.94. The lowest BCUT2D eigenvalue weighted by Gasteiger charge is -2.13. The number of hydrogen-bond donors (Lipinski definition) is 1. The molecule has 0 radical (unpaired) electrons. The second-order valence-electron chi connectivity index (χ2n) is 3.75.